The van der Waals surface area contributed by atoms with E-state index in [-0.39, 0.29) is 24.5 Å². The zero-order valence-electron chi connectivity index (χ0n) is 15.2. The minimum atomic E-state index is -1.27. The van der Waals surface area contributed by atoms with Crippen molar-refractivity contribution in [2.45, 2.75) is 25.4 Å². The number of nitrogens with zero attached hydrogens (tertiary/aromatic N) is 5. The number of nitrogens with one attached hydrogen (secondary N) is 1. The second kappa shape index (κ2) is 9.74. The van der Waals surface area contributed by atoms with Crippen LogP contribution in [0.2, 0.25) is 10.0 Å². The third kappa shape index (κ3) is 5.59. The first kappa shape index (κ1) is 21.8. The Kier molecular flexibility index (Phi) is 7.08. The Morgan fingerprint density at radius 2 is 1.97 bits per heavy atom. The largest absolute Gasteiger partial charge is 0.481 e. The fourth-order valence-corrected chi connectivity index (χ4v) is 3.56. The molecule has 1 amide bonds. The number of hydrogen-bond acceptors (Lipinski definition) is 8. The summed E-state index contributed by atoms with van der Waals surface area (Å²) in [6.07, 6.45) is -0.392. The van der Waals surface area contributed by atoms with E-state index in [1.165, 1.54) is 22.2 Å². The topological polar surface area (TPSA) is 140 Å². The summed E-state index contributed by atoms with van der Waals surface area (Å²) in [5.74, 6) is -2.20. The molecule has 0 bridgehead atoms. The van der Waals surface area contributed by atoms with Crippen LogP contribution in [0.1, 0.15) is 28.3 Å². The van der Waals surface area contributed by atoms with Crippen LogP contribution in [-0.2, 0) is 22.6 Å². The Morgan fingerprint density at radius 1 is 1.23 bits per heavy atom. The molecule has 0 aliphatic rings. The number of halogens is 2. The van der Waals surface area contributed by atoms with E-state index < -0.39 is 30.1 Å². The van der Waals surface area contributed by atoms with Crippen LogP contribution >= 0.6 is 34.5 Å². The number of carboxylic acids is 1. The molecular weight excluding hydrogens is 455 g/mol. The maximum absolute atomic E-state index is 12.6. The summed E-state index contributed by atoms with van der Waals surface area (Å²) in [6.45, 7) is -0.376. The fourth-order valence-electron chi connectivity index (χ4n) is 2.50. The van der Waals surface area contributed by atoms with Crippen molar-refractivity contribution in [3.05, 3.63) is 56.2 Å². The van der Waals surface area contributed by atoms with Gasteiger partial charge in [-0.25, -0.2) is 4.98 Å². The van der Waals surface area contributed by atoms with Crippen molar-refractivity contribution in [3.63, 3.8) is 0 Å². The molecule has 1 atom stereocenters. The van der Waals surface area contributed by atoms with E-state index in [9.17, 15) is 14.4 Å². The Balaban J connectivity index is 1.68. The number of carbonyl (C=O) groups is 3. The molecule has 2 heterocycles. The number of thiazole rings is 1. The number of ketones is 1. The van der Waals surface area contributed by atoms with E-state index >= 15 is 0 Å². The molecule has 2 N–H and O–H groups in total. The van der Waals surface area contributed by atoms with Gasteiger partial charge in [-0.3, -0.25) is 14.4 Å². The molecule has 0 spiro atoms. The highest BCUT2D eigenvalue weighted by atomic mass is 35.5. The average molecular weight is 469 g/mol. The van der Waals surface area contributed by atoms with Gasteiger partial charge >= 0.3 is 5.97 Å². The van der Waals surface area contributed by atoms with Crippen LogP contribution < -0.4 is 5.32 Å². The standard InChI is InChI=1S/C17H14Cl2N6O4S/c18-10-2-1-3-11(19)9(10)4-15-22-24-25(23-15)6-14(26)12(5-16(27)28)21-17(29)13-7-30-8-20-13/h1-3,7-8,12H,4-6H2,(H,21,29)(H,27,28). The lowest BCUT2D eigenvalue weighted by Crippen LogP contribution is -2.44. The van der Waals surface area contributed by atoms with Crippen molar-refractivity contribution >= 4 is 52.2 Å². The minimum Gasteiger partial charge on any atom is -0.481 e. The van der Waals surface area contributed by atoms with Gasteiger partial charge in [0.1, 0.15) is 18.3 Å². The van der Waals surface area contributed by atoms with E-state index in [1.54, 1.807) is 18.2 Å². The molecular formula is C17H14Cl2N6O4S. The molecule has 3 aromatic rings. The number of aliphatic carboxylic acids is 1. The number of Topliss-reactive ketones (excluding diaryl/α,β-unsaturated/α-hetero) is 1. The van der Waals surface area contributed by atoms with E-state index in [0.29, 0.717) is 15.6 Å². The minimum absolute atomic E-state index is 0.0981. The van der Waals surface area contributed by atoms with Crippen molar-refractivity contribution < 1.29 is 19.5 Å². The lowest BCUT2D eigenvalue weighted by Gasteiger charge is -2.14. The lowest BCUT2D eigenvalue weighted by molar-refractivity contribution is -0.139. The van der Waals surface area contributed by atoms with E-state index in [4.69, 9.17) is 28.3 Å². The van der Waals surface area contributed by atoms with Gasteiger partial charge in [-0.05, 0) is 22.9 Å². The molecule has 0 radical (unpaired) electrons. The second-order valence-electron chi connectivity index (χ2n) is 6.08. The maximum atomic E-state index is 12.6. The summed E-state index contributed by atoms with van der Waals surface area (Å²) >= 11 is 13.5. The van der Waals surface area contributed by atoms with E-state index in [0.717, 1.165) is 4.80 Å². The van der Waals surface area contributed by atoms with Gasteiger partial charge < -0.3 is 10.4 Å². The normalized spacial score (nSPS) is 11.8. The Hall–Kier alpha value is -2.89. The smallest absolute Gasteiger partial charge is 0.305 e. The molecule has 2 aromatic heterocycles. The molecule has 1 aromatic carbocycles. The van der Waals surface area contributed by atoms with Crippen molar-refractivity contribution in [1.82, 2.24) is 30.5 Å². The SMILES string of the molecule is O=C(O)CC(NC(=O)c1cscn1)C(=O)Cn1nnc(Cc2c(Cl)cccc2Cl)n1. The van der Waals surface area contributed by atoms with Gasteiger partial charge in [0.15, 0.2) is 11.6 Å². The average Bonchev–Trinajstić information content (AvgIpc) is 3.36. The number of rotatable bonds is 9. The molecule has 10 nitrogen and oxygen atoms in total. The fraction of sp³-hybridized carbons (Fsp3) is 0.235. The van der Waals surface area contributed by atoms with Crippen LogP contribution in [0.5, 0.6) is 0 Å². The van der Waals surface area contributed by atoms with Crippen molar-refractivity contribution in [2.24, 2.45) is 0 Å². The van der Waals surface area contributed by atoms with Crippen molar-refractivity contribution in [2.75, 3.05) is 0 Å². The van der Waals surface area contributed by atoms with Gasteiger partial charge in [0.05, 0.1) is 11.9 Å². The molecule has 13 heteroatoms. The third-order valence-electron chi connectivity index (χ3n) is 3.93. The van der Waals surface area contributed by atoms with Crippen LogP contribution in [0, 0.1) is 0 Å². The van der Waals surface area contributed by atoms with Crippen LogP contribution in [-0.4, -0.2) is 54.0 Å². The van der Waals surface area contributed by atoms with Crippen LogP contribution in [0.3, 0.4) is 0 Å². The summed E-state index contributed by atoms with van der Waals surface area (Å²) in [7, 11) is 0. The molecule has 1 unspecified atom stereocenters. The van der Waals surface area contributed by atoms with Gasteiger partial charge in [0.2, 0.25) is 0 Å². The summed E-state index contributed by atoms with van der Waals surface area (Å²) in [6, 6.07) is 3.79. The van der Waals surface area contributed by atoms with Gasteiger partial charge in [-0.1, -0.05) is 29.3 Å². The quantitative estimate of drug-likeness (QED) is 0.484. The number of hydrogen-bond donors (Lipinski definition) is 2. The molecule has 0 aliphatic carbocycles. The zero-order valence-corrected chi connectivity index (χ0v) is 17.5. The predicted octanol–water partition coefficient (Wildman–Crippen LogP) is 1.87. The molecule has 0 fully saturated rings. The monoisotopic (exact) mass is 468 g/mol. The third-order valence-corrected chi connectivity index (χ3v) is 5.22. The van der Waals surface area contributed by atoms with Gasteiger partial charge in [-0.15, -0.1) is 21.5 Å². The highest BCUT2D eigenvalue weighted by Gasteiger charge is 2.26. The molecule has 0 saturated heterocycles. The molecule has 156 valence electrons. The van der Waals surface area contributed by atoms with Crippen molar-refractivity contribution in [1.29, 1.82) is 0 Å². The molecule has 3 rings (SSSR count). The number of amides is 1. The Labute approximate surface area is 183 Å². The number of carboxylic acid groups (broad SMARTS) is 1. The maximum Gasteiger partial charge on any atom is 0.305 e. The lowest BCUT2D eigenvalue weighted by atomic mass is 10.1. The highest BCUT2D eigenvalue weighted by Crippen LogP contribution is 2.25. The summed E-state index contributed by atoms with van der Waals surface area (Å²) in [5.41, 5.74) is 2.17. The van der Waals surface area contributed by atoms with Crippen LogP contribution in [0.4, 0.5) is 0 Å². The molecule has 30 heavy (non-hydrogen) atoms. The second-order valence-corrected chi connectivity index (χ2v) is 7.61. The van der Waals surface area contributed by atoms with Gasteiger partial charge in [-0.2, -0.15) is 4.80 Å². The van der Waals surface area contributed by atoms with E-state index in [2.05, 4.69) is 25.7 Å². The summed E-state index contributed by atoms with van der Waals surface area (Å²) in [4.78, 5) is 40.7. The van der Waals surface area contributed by atoms with Gasteiger partial charge in [0.25, 0.3) is 5.91 Å². The number of benzene rings is 1. The number of tetrazole rings is 1. The van der Waals surface area contributed by atoms with Crippen LogP contribution in [0.25, 0.3) is 0 Å². The summed E-state index contributed by atoms with van der Waals surface area (Å²) < 4.78 is 0. The first-order chi connectivity index (χ1) is 14.3. The highest BCUT2D eigenvalue weighted by molar-refractivity contribution is 7.07. The molecule has 0 saturated carbocycles. The summed E-state index contributed by atoms with van der Waals surface area (Å²) in [5, 5.41) is 25.6. The first-order valence-electron chi connectivity index (χ1n) is 8.46. The Bertz CT molecular complexity index is 1050. The Morgan fingerprint density at radius 3 is 2.60 bits per heavy atom. The number of aromatic nitrogens is 5. The zero-order chi connectivity index (χ0) is 21.7. The molecule has 0 aliphatic heterocycles. The van der Waals surface area contributed by atoms with Crippen LogP contribution in [0.15, 0.2) is 29.1 Å². The van der Waals surface area contributed by atoms with E-state index in [1.807, 2.05) is 0 Å². The van der Waals surface area contributed by atoms with Crippen molar-refractivity contribution in [3.8, 4) is 0 Å². The van der Waals surface area contributed by atoms with Gasteiger partial charge in [0, 0.05) is 21.8 Å². The predicted molar refractivity (Wildman–Crippen MR) is 108 cm³/mol. The number of carbonyl (C=O) groups excluding carboxylic acids is 2. The first-order valence-corrected chi connectivity index (χ1v) is 10.2.